The third-order valence-corrected chi connectivity index (χ3v) is 2.06. The molecule has 0 unspecified atom stereocenters. The second kappa shape index (κ2) is 3.43. The first-order chi connectivity index (χ1) is 7.06. The molecule has 7 heteroatoms. The van der Waals surface area contributed by atoms with Crippen molar-refractivity contribution in [3.8, 4) is 0 Å². The van der Waals surface area contributed by atoms with Crippen LogP contribution < -0.4 is 5.56 Å². The van der Waals surface area contributed by atoms with Gasteiger partial charge in [-0.05, 0) is 19.1 Å². The van der Waals surface area contributed by atoms with E-state index in [1.54, 1.807) is 0 Å². The lowest BCUT2D eigenvalue weighted by Crippen LogP contribution is -2.07. The Bertz CT molecular complexity index is 636. The highest BCUT2D eigenvalue weighted by Gasteiger charge is 2.07. The monoisotopic (exact) mass is 224 g/mol. The van der Waals surface area contributed by atoms with Crippen molar-refractivity contribution in [2.75, 3.05) is 0 Å². The maximum Gasteiger partial charge on any atom is 0.277 e. The van der Waals surface area contributed by atoms with E-state index in [1.165, 1.54) is 6.92 Å². The molecule has 3 N–H and O–H groups in total. The van der Waals surface area contributed by atoms with Gasteiger partial charge in [0.2, 0.25) is 0 Å². The highest BCUT2D eigenvalue weighted by molar-refractivity contribution is 7.71. The van der Waals surface area contributed by atoms with Crippen molar-refractivity contribution in [3.63, 3.8) is 0 Å². The summed E-state index contributed by atoms with van der Waals surface area (Å²) in [6.07, 6.45) is 0.175. The van der Waals surface area contributed by atoms with Crippen LogP contribution in [-0.4, -0.2) is 25.7 Å². The van der Waals surface area contributed by atoms with Gasteiger partial charge in [-0.3, -0.25) is 14.6 Å². The van der Waals surface area contributed by atoms with Crippen LogP contribution in [-0.2, 0) is 11.2 Å². The van der Waals surface area contributed by atoms with Gasteiger partial charge in [0.25, 0.3) is 5.56 Å². The third kappa shape index (κ3) is 1.86. The average molecular weight is 224 g/mol. The predicted molar refractivity (Wildman–Crippen MR) is 56.3 cm³/mol. The first kappa shape index (κ1) is 9.78. The number of carbonyl (C=O) groups excluding carboxylic acids is 1. The summed E-state index contributed by atoms with van der Waals surface area (Å²) in [6.45, 7) is 1.46. The minimum atomic E-state index is -0.337. The minimum Gasteiger partial charge on any atom is -0.336 e. The molecule has 0 aromatic carbocycles. The van der Waals surface area contributed by atoms with Gasteiger partial charge in [0.1, 0.15) is 17.1 Å². The molecular weight excluding hydrogens is 216 g/mol. The molecule has 6 nitrogen and oxygen atoms in total. The first-order valence-corrected chi connectivity index (χ1v) is 4.67. The lowest BCUT2D eigenvalue weighted by Gasteiger charge is -1.86. The Hall–Kier alpha value is -1.76. The molecule has 0 saturated carbocycles. The summed E-state index contributed by atoms with van der Waals surface area (Å²) in [5.41, 5.74) is 0.343. The Morgan fingerprint density at radius 1 is 1.40 bits per heavy atom. The van der Waals surface area contributed by atoms with Crippen LogP contribution in [0.25, 0.3) is 11.2 Å². The maximum absolute atomic E-state index is 11.4. The zero-order valence-corrected chi connectivity index (χ0v) is 8.70. The smallest absolute Gasteiger partial charge is 0.277 e. The number of hydrogen-bond donors (Lipinski definition) is 3. The first-order valence-electron chi connectivity index (χ1n) is 4.27. The van der Waals surface area contributed by atoms with Crippen LogP contribution in [0.1, 0.15) is 12.7 Å². The van der Waals surface area contributed by atoms with Gasteiger partial charge in [-0.1, -0.05) is 0 Å². The molecule has 0 saturated heterocycles. The van der Waals surface area contributed by atoms with Crippen LogP contribution >= 0.6 is 12.2 Å². The van der Waals surface area contributed by atoms with E-state index in [1.807, 2.05) is 0 Å². The molecule has 2 rings (SSSR count). The number of nitrogens with zero attached hydrogens (tertiary/aromatic N) is 1. The molecule has 0 radical (unpaired) electrons. The Morgan fingerprint density at radius 3 is 2.80 bits per heavy atom. The number of aromatic nitrogens is 4. The van der Waals surface area contributed by atoms with Gasteiger partial charge in [0.05, 0.1) is 6.42 Å². The molecule has 2 aromatic rings. The zero-order valence-electron chi connectivity index (χ0n) is 7.88. The SMILES string of the molecule is CC(=O)Cc1nc2[nH]c(=S)[nH]c(=O)c2[nH]1. The van der Waals surface area contributed by atoms with Crippen molar-refractivity contribution in [2.24, 2.45) is 0 Å². The van der Waals surface area contributed by atoms with E-state index in [0.29, 0.717) is 17.0 Å². The summed E-state index contributed by atoms with van der Waals surface area (Å²) >= 11 is 4.79. The number of aromatic amines is 3. The summed E-state index contributed by atoms with van der Waals surface area (Å²) in [5, 5.41) is 0. The van der Waals surface area contributed by atoms with Crippen molar-refractivity contribution >= 4 is 29.2 Å². The van der Waals surface area contributed by atoms with E-state index in [2.05, 4.69) is 19.9 Å². The zero-order chi connectivity index (χ0) is 11.0. The van der Waals surface area contributed by atoms with Gasteiger partial charge in [0.15, 0.2) is 10.4 Å². The number of Topliss-reactive ketones (excluding diaryl/α,β-unsaturated/α-hetero) is 1. The summed E-state index contributed by atoms with van der Waals surface area (Å²) in [4.78, 5) is 34.2. The Labute approximate surface area is 88.8 Å². The minimum absolute atomic E-state index is 0.0240. The highest BCUT2D eigenvalue weighted by Crippen LogP contribution is 2.03. The summed E-state index contributed by atoms with van der Waals surface area (Å²) in [6, 6.07) is 0. The molecule has 78 valence electrons. The standard InChI is InChI=1S/C8H8N4O2S/c1-3(13)2-4-9-5-6(10-4)11-8(15)12-7(5)14/h2H2,1H3,(H3,9,10,11,12,14,15). The lowest BCUT2D eigenvalue weighted by molar-refractivity contribution is -0.116. The average Bonchev–Trinajstić information content (AvgIpc) is 2.45. The van der Waals surface area contributed by atoms with E-state index in [9.17, 15) is 9.59 Å². The van der Waals surface area contributed by atoms with Gasteiger partial charge >= 0.3 is 0 Å². The van der Waals surface area contributed by atoms with Gasteiger partial charge in [-0.2, -0.15) is 0 Å². The van der Waals surface area contributed by atoms with Crippen LogP contribution in [0, 0.1) is 4.77 Å². The second-order valence-corrected chi connectivity index (χ2v) is 3.60. The number of ketones is 1. The highest BCUT2D eigenvalue weighted by atomic mass is 32.1. The molecule has 0 aliphatic rings. The summed E-state index contributed by atoms with van der Waals surface area (Å²) in [7, 11) is 0. The fraction of sp³-hybridized carbons (Fsp3) is 0.250. The number of hydrogen-bond acceptors (Lipinski definition) is 4. The van der Waals surface area contributed by atoms with E-state index >= 15 is 0 Å². The quantitative estimate of drug-likeness (QED) is 0.645. The Balaban J connectivity index is 2.65. The van der Waals surface area contributed by atoms with Gasteiger partial charge in [-0.15, -0.1) is 0 Å². The van der Waals surface area contributed by atoms with Crippen molar-refractivity contribution in [1.29, 1.82) is 0 Å². The van der Waals surface area contributed by atoms with Gasteiger partial charge < -0.3 is 9.97 Å². The topological polar surface area (TPSA) is 94.4 Å². The maximum atomic E-state index is 11.4. The third-order valence-electron chi connectivity index (χ3n) is 1.86. The van der Waals surface area contributed by atoms with Gasteiger partial charge in [-0.25, -0.2) is 4.98 Å². The molecule has 15 heavy (non-hydrogen) atoms. The normalized spacial score (nSPS) is 10.7. The van der Waals surface area contributed by atoms with E-state index in [0.717, 1.165) is 0 Å². The molecule has 0 fully saturated rings. The number of H-pyrrole nitrogens is 3. The van der Waals surface area contributed by atoms with Crippen molar-refractivity contribution in [2.45, 2.75) is 13.3 Å². The number of imidazole rings is 1. The molecule has 0 amide bonds. The molecule has 2 aromatic heterocycles. The molecule has 2 heterocycles. The van der Waals surface area contributed by atoms with E-state index in [-0.39, 0.29) is 22.5 Å². The molecule has 0 aliphatic heterocycles. The molecule has 0 atom stereocenters. The molecular formula is C8H8N4O2S. The van der Waals surface area contributed by atoms with Crippen LogP contribution in [0.2, 0.25) is 0 Å². The van der Waals surface area contributed by atoms with Crippen molar-refractivity contribution < 1.29 is 4.79 Å². The van der Waals surface area contributed by atoms with E-state index in [4.69, 9.17) is 12.2 Å². The fourth-order valence-electron chi connectivity index (χ4n) is 1.30. The molecule has 0 aliphatic carbocycles. The fourth-order valence-corrected chi connectivity index (χ4v) is 1.49. The predicted octanol–water partition coefficient (Wildman–Crippen LogP) is 0.440. The molecule has 0 spiro atoms. The lowest BCUT2D eigenvalue weighted by atomic mass is 10.3. The van der Waals surface area contributed by atoms with E-state index < -0.39 is 0 Å². The number of rotatable bonds is 2. The largest absolute Gasteiger partial charge is 0.336 e. The van der Waals surface area contributed by atoms with Crippen LogP contribution in [0.15, 0.2) is 4.79 Å². The summed E-state index contributed by atoms with van der Waals surface area (Å²) < 4.78 is 0.216. The second-order valence-electron chi connectivity index (χ2n) is 3.19. The number of nitrogens with one attached hydrogen (secondary N) is 3. The van der Waals surface area contributed by atoms with Crippen LogP contribution in [0.3, 0.4) is 0 Å². The number of carbonyl (C=O) groups is 1. The Morgan fingerprint density at radius 2 is 2.13 bits per heavy atom. The molecule has 0 bridgehead atoms. The Kier molecular flexibility index (Phi) is 2.24. The summed E-state index contributed by atoms with van der Waals surface area (Å²) in [5.74, 6) is 0.434. The number of fused-ring (bicyclic) bond motifs is 1. The van der Waals surface area contributed by atoms with Crippen LogP contribution in [0.5, 0.6) is 0 Å². The van der Waals surface area contributed by atoms with Crippen molar-refractivity contribution in [1.82, 2.24) is 19.9 Å². The van der Waals surface area contributed by atoms with Gasteiger partial charge in [0, 0.05) is 0 Å². The van der Waals surface area contributed by atoms with Crippen LogP contribution in [0.4, 0.5) is 0 Å². The van der Waals surface area contributed by atoms with Crippen molar-refractivity contribution in [3.05, 3.63) is 20.9 Å².